The lowest BCUT2D eigenvalue weighted by atomic mass is 10.4. The van der Waals surface area contributed by atoms with Gasteiger partial charge in [0.05, 0.1) is 19.5 Å². The van der Waals surface area contributed by atoms with Crippen LogP contribution in [0.1, 0.15) is 23.2 Å². The Morgan fingerprint density at radius 3 is 2.74 bits per heavy atom. The molecule has 0 atom stereocenters. The molecule has 0 saturated carbocycles. The van der Waals surface area contributed by atoms with Gasteiger partial charge in [0.25, 0.3) is 0 Å². The predicted octanol–water partition coefficient (Wildman–Crippen LogP) is 1.36. The summed E-state index contributed by atoms with van der Waals surface area (Å²) in [4.78, 5) is 24.0. The first kappa shape index (κ1) is 13.5. The van der Waals surface area contributed by atoms with Crippen molar-refractivity contribution in [3.05, 3.63) is 28.5 Å². The Morgan fingerprint density at radius 2 is 2.21 bits per heavy atom. The molecule has 2 aromatic heterocycles. The topological polar surface area (TPSA) is 95.9 Å². The number of halogens is 1. The number of nitrogens with zero attached hydrogens (tertiary/aromatic N) is 4. The number of imidazole rings is 1. The summed E-state index contributed by atoms with van der Waals surface area (Å²) < 4.78 is 6.85. The highest BCUT2D eigenvalue weighted by Gasteiger charge is 2.21. The van der Waals surface area contributed by atoms with E-state index < -0.39 is 5.97 Å². The van der Waals surface area contributed by atoms with Crippen LogP contribution in [-0.4, -0.2) is 32.6 Å². The molecule has 0 aromatic carbocycles. The van der Waals surface area contributed by atoms with Crippen LogP contribution in [0.4, 0.5) is 5.82 Å². The number of hydrogen-bond donors (Lipinski definition) is 1. The smallest absolute Gasteiger partial charge is 0.360 e. The number of methoxy groups -OCH3 is 1. The highest BCUT2D eigenvalue weighted by molar-refractivity contribution is 9.10. The maximum Gasteiger partial charge on any atom is 0.360 e. The number of anilines is 1. The minimum atomic E-state index is -0.573. The minimum Gasteiger partial charge on any atom is -0.464 e. The van der Waals surface area contributed by atoms with Gasteiger partial charge in [-0.3, -0.25) is 4.57 Å². The second-order valence-corrected chi connectivity index (χ2v) is 4.45. The summed E-state index contributed by atoms with van der Waals surface area (Å²) in [5, 5.41) is 0. The van der Waals surface area contributed by atoms with Crippen molar-refractivity contribution in [2.75, 3.05) is 12.8 Å². The Balaban J connectivity index is 2.59. The van der Waals surface area contributed by atoms with Crippen LogP contribution in [0, 0.1) is 0 Å². The molecule has 0 bridgehead atoms. The normalized spacial score (nSPS) is 10.5. The molecule has 2 heterocycles. The molecule has 0 radical (unpaired) electrons. The SMILES string of the molecule is CCc1nc(C(=O)OC)c(N)n1-c1cnc(Br)cn1. The lowest BCUT2D eigenvalue weighted by molar-refractivity contribution is 0.0596. The molecular formula is C11H12BrN5O2. The van der Waals surface area contributed by atoms with Gasteiger partial charge in [-0.2, -0.15) is 0 Å². The molecule has 2 aromatic rings. The molecule has 0 aliphatic rings. The van der Waals surface area contributed by atoms with Gasteiger partial charge in [0, 0.05) is 6.42 Å². The van der Waals surface area contributed by atoms with Crippen molar-refractivity contribution in [3.63, 3.8) is 0 Å². The molecule has 7 nitrogen and oxygen atoms in total. The van der Waals surface area contributed by atoms with Gasteiger partial charge in [-0.1, -0.05) is 6.92 Å². The largest absolute Gasteiger partial charge is 0.464 e. The van der Waals surface area contributed by atoms with Crippen LogP contribution < -0.4 is 5.73 Å². The second-order valence-electron chi connectivity index (χ2n) is 3.64. The molecule has 0 aliphatic carbocycles. The van der Waals surface area contributed by atoms with Crippen LogP contribution in [-0.2, 0) is 11.2 Å². The standard InChI is InChI=1S/C11H12BrN5O2/c1-3-7-16-9(11(18)19-2)10(13)17(7)8-5-14-6(12)4-15-8/h4-5H,3,13H2,1-2H3. The monoisotopic (exact) mass is 325 g/mol. The van der Waals surface area contributed by atoms with E-state index in [1.54, 1.807) is 17.0 Å². The number of carbonyl (C=O) groups excluding carboxylic acids is 1. The zero-order chi connectivity index (χ0) is 14.0. The third kappa shape index (κ3) is 2.43. The summed E-state index contributed by atoms with van der Waals surface area (Å²) in [6.07, 6.45) is 3.69. The fraction of sp³-hybridized carbons (Fsp3) is 0.273. The van der Waals surface area contributed by atoms with E-state index in [0.29, 0.717) is 22.7 Å². The fourth-order valence-corrected chi connectivity index (χ4v) is 1.85. The molecule has 0 aliphatic heterocycles. The molecule has 0 amide bonds. The quantitative estimate of drug-likeness (QED) is 0.856. The molecule has 0 unspecified atom stereocenters. The summed E-state index contributed by atoms with van der Waals surface area (Å²) in [7, 11) is 1.28. The van der Waals surface area contributed by atoms with Crippen LogP contribution in [0.25, 0.3) is 5.82 Å². The van der Waals surface area contributed by atoms with E-state index in [4.69, 9.17) is 5.73 Å². The van der Waals surface area contributed by atoms with Gasteiger partial charge < -0.3 is 10.5 Å². The molecule has 8 heteroatoms. The first-order chi connectivity index (χ1) is 9.08. The van der Waals surface area contributed by atoms with Crippen LogP contribution >= 0.6 is 15.9 Å². The number of aromatic nitrogens is 4. The van der Waals surface area contributed by atoms with Crippen LogP contribution in [0.3, 0.4) is 0 Å². The number of ether oxygens (including phenoxy) is 1. The summed E-state index contributed by atoms with van der Waals surface area (Å²) in [6.45, 7) is 1.91. The average molecular weight is 326 g/mol. The van der Waals surface area contributed by atoms with Crippen molar-refractivity contribution in [1.29, 1.82) is 0 Å². The number of nitrogen functional groups attached to an aromatic ring is 1. The lowest BCUT2D eigenvalue weighted by Gasteiger charge is -2.06. The third-order valence-electron chi connectivity index (χ3n) is 2.51. The molecule has 2 N–H and O–H groups in total. The molecule has 19 heavy (non-hydrogen) atoms. The maximum absolute atomic E-state index is 11.6. The van der Waals surface area contributed by atoms with Crippen molar-refractivity contribution in [1.82, 2.24) is 19.5 Å². The number of hydrogen-bond acceptors (Lipinski definition) is 6. The van der Waals surface area contributed by atoms with Crippen LogP contribution in [0.5, 0.6) is 0 Å². The van der Waals surface area contributed by atoms with E-state index in [-0.39, 0.29) is 11.5 Å². The summed E-state index contributed by atoms with van der Waals surface area (Å²) in [5.74, 6) is 0.742. The fourth-order valence-electron chi connectivity index (χ4n) is 1.64. The second kappa shape index (κ2) is 5.35. The third-order valence-corrected chi connectivity index (χ3v) is 2.92. The molecule has 100 valence electrons. The van der Waals surface area contributed by atoms with Gasteiger partial charge in [0.1, 0.15) is 16.2 Å². The molecular weight excluding hydrogens is 314 g/mol. The Labute approximate surface area is 118 Å². The van der Waals surface area contributed by atoms with Gasteiger partial charge in [-0.15, -0.1) is 0 Å². The van der Waals surface area contributed by atoms with Crippen molar-refractivity contribution in [3.8, 4) is 5.82 Å². The Kier molecular flexibility index (Phi) is 3.79. The zero-order valence-corrected chi connectivity index (χ0v) is 12.0. The number of nitrogens with two attached hydrogens (primary N) is 1. The first-order valence-corrected chi connectivity index (χ1v) is 6.31. The van der Waals surface area contributed by atoms with Crippen LogP contribution in [0.15, 0.2) is 17.0 Å². The van der Waals surface area contributed by atoms with Gasteiger partial charge in [0.2, 0.25) is 0 Å². The van der Waals surface area contributed by atoms with Gasteiger partial charge in [-0.05, 0) is 15.9 Å². The van der Waals surface area contributed by atoms with E-state index >= 15 is 0 Å². The highest BCUT2D eigenvalue weighted by Crippen LogP contribution is 2.20. The van der Waals surface area contributed by atoms with Crippen molar-refractivity contribution < 1.29 is 9.53 Å². The van der Waals surface area contributed by atoms with E-state index in [1.165, 1.54) is 7.11 Å². The highest BCUT2D eigenvalue weighted by atomic mass is 79.9. The van der Waals surface area contributed by atoms with E-state index in [2.05, 4.69) is 35.6 Å². The molecule has 2 rings (SSSR count). The number of carbonyl (C=O) groups is 1. The average Bonchev–Trinajstić information content (AvgIpc) is 2.76. The summed E-state index contributed by atoms with van der Waals surface area (Å²) in [5.41, 5.74) is 6.03. The van der Waals surface area contributed by atoms with Gasteiger partial charge in [-0.25, -0.2) is 19.7 Å². The van der Waals surface area contributed by atoms with Crippen molar-refractivity contribution in [2.45, 2.75) is 13.3 Å². The summed E-state index contributed by atoms with van der Waals surface area (Å²) >= 11 is 3.21. The van der Waals surface area contributed by atoms with Crippen molar-refractivity contribution >= 4 is 27.7 Å². The maximum atomic E-state index is 11.6. The van der Waals surface area contributed by atoms with Gasteiger partial charge in [0.15, 0.2) is 11.5 Å². The Hall–Kier alpha value is -1.96. The molecule has 0 fully saturated rings. The Morgan fingerprint density at radius 1 is 1.47 bits per heavy atom. The van der Waals surface area contributed by atoms with E-state index in [0.717, 1.165) is 0 Å². The van der Waals surface area contributed by atoms with Gasteiger partial charge >= 0.3 is 5.97 Å². The van der Waals surface area contributed by atoms with E-state index in [9.17, 15) is 4.79 Å². The minimum absolute atomic E-state index is 0.0871. The van der Waals surface area contributed by atoms with E-state index in [1.807, 2.05) is 6.92 Å². The Bertz CT molecular complexity index is 608. The molecule has 0 saturated heterocycles. The molecule has 0 spiro atoms. The predicted molar refractivity (Wildman–Crippen MR) is 72.0 cm³/mol. The summed E-state index contributed by atoms with van der Waals surface area (Å²) in [6, 6.07) is 0. The number of esters is 1. The lowest BCUT2D eigenvalue weighted by Crippen LogP contribution is -2.09. The number of aryl methyl sites for hydroxylation is 1. The van der Waals surface area contributed by atoms with Crippen LogP contribution in [0.2, 0.25) is 0 Å². The first-order valence-electron chi connectivity index (χ1n) is 5.51. The number of rotatable bonds is 3. The van der Waals surface area contributed by atoms with Crippen molar-refractivity contribution in [2.24, 2.45) is 0 Å². The zero-order valence-electron chi connectivity index (χ0n) is 10.4.